The van der Waals surface area contributed by atoms with E-state index in [4.69, 9.17) is 5.73 Å². The Morgan fingerprint density at radius 1 is 1.03 bits per heavy atom. The lowest BCUT2D eigenvalue weighted by atomic mass is 10.0. The first-order valence-electron chi connectivity index (χ1n) is 11.0. The van der Waals surface area contributed by atoms with Gasteiger partial charge < -0.3 is 15.5 Å². The highest BCUT2D eigenvalue weighted by Gasteiger charge is 2.26. The second-order valence-corrected chi connectivity index (χ2v) is 8.10. The molecule has 2 amide bonds. The van der Waals surface area contributed by atoms with Crippen molar-refractivity contribution < 1.29 is 14.0 Å². The van der Waals surface area contributed by atoms with Gasteiger partial charge in [0, 0.05) is 44.4 Å². The largest absolute Gasteiger partial charge is 0.339 e. The molecule has 0 spiro atoms. The van der Waals surface area contributed by atoms with Crippen LogP contribution in [0.1, 0.15) is 34.5 Å². The molecule has 1 fully saturated rings. The molecule has 0 saturated carbocycles. The summed E-state index contributed by atoms with van der Waals surface area (Å²) in [7, 11) is 0. The highest BCUT2D eigenvalue weighted by atomic mass is 19.1. The topological polar surface area (TPSA) is 112 Å². The normalized spacial score (nSPS) is 14.0. The van der Waals surface area contributed by atoms with Gasteiger partial charge in [-0.15, -0.1) is 0 Å². The van der Waals surface area contributed by atoms with Gasteiger partial charge in [-0.25, -0.2) is 9.49 Å². The van der Waals surface area contributed by atoms with Gasteiger partial charge in [-0.2, -0.15) is 5.10 Å². The van der Waals surface area contributed by atoms with Crippen LogP contribution < -0.4 is 11.3 Å². The average Bonchev–Trinajstić information content (AvgIpc) is 2.85. The molecular weight excluding hydrogens is 425 g/mol. The first-order chi connectivity index (χ1) is 16.0. The fourth-order valence-electron chi connectivity index (χ4n) is 4.09. The first-order valence-corrected chi connectivity index (χ1v) is 11.0. The fourth-order valence-corrected chi connectivity index (χ4v) is 4.09. The van der Waals surface area contributed by atoms with E-state index in [1.165, 1.54) is 12.1 Å². The van der Waals surface area contributed by atoms with Crippen molar-refractivity contribution in [2.75, 3.05) is 32.7 Å². The van der Waals surface area contributed by atoms with E-state index < -0.39 is 11.7 Å². The number of hydrogen-bond donors (Lipinski definition) is 2. The summed E-state index contributed by atoms with van der Waals surface area (Å²) in [5.74, 6) is -0.964. The maximum absolute atomic E-state index is 14.6. The molecule has 0 bridgehead atoms. The summed E-state index contributed by atoms with van der Waals surface area (Å²) in [6, 6.07) is 11.6. The number of carbonyl (C=O) groups excluding carboxylic acids is 2. The van der Waals surface area contributed by atoms with Crippen molar-refractivity contribution in [1.29, 1.82) is 0 Å². The molecular formula is C24H26FN5O3. The minimum atomic E-state index is -0.593. The molecule has 4 rings (SSSR count). The van der Waals surface area contributed by atoms with Crippen LogP contribution >= 0.6 is 0 Å². The molecule has 1 saturated heterocycles. The third-order valence-corrected chi connectivity index (χ3v) is 5.92. The Morgan fingerprint density at radius 3 is 2.45 bits per heavy atom. The number of hydrogen-bond acceptors (Lipinski definition) is 5. The summed E-state index contributed by atoms with van der Waals surface area (Å²) < 4.78 is 14.6. The smallest absolute Gasteiger partial charge is 0.272 e. The number of rotatable bonds is 6. The number of nitrogens with zero attached hydrogens (tertiary/aromatic N) is 3. The van der Waals surface area contributed by atoms with Crippen molar-refractivity contribution in [2.24, 2.45) is 5.73 Å². The van der Waals surface area contributed by atoms with Gasteiger partial charge in [0.2, 0.25) is 5.91 Å². The predicted molar refractivity (Wildman–Crippen MR) is 122 cm³/mol. The Labute approximate surface area is 190 Å². The van der Waals surface area contributed by atoms with Crippen LogP contribution in [0.2, 0.25) is 0 Å². The third kappa shape index (κ3) is 4.93. The second-order valence-electron chi connectivity index (χ2n) is 8.10. The second kappa shape index (κ2) is 9.91. The Morgan fingerprint density at radius 2 is 1.73 bits per heavy atom. The van der Waals surface area contributed by atoms with Gasteiger partial charge in [0.1, 0.15) is 5.82 Å². The van der Waals surface area contributed by atoms with Crippen LogP contribution in [-0.4, -0.2) is 64.5 Å². The SMILES string of the molecule is NCCCC(=O)N1CCN(C(=O)c2cc(Cc3n[nH]c(=O)c4ccccc34)ccc2F)CC1. The van der Waals surface area contributed by atoms with E-state index in [0.29, 0.717) is 74.0 Å². The summed E-state index contributed by atoms with van der Waals surface area (Å²) in [6.45, 7) is 2.00. The van der Waals surface area contributed by atoms with Crippen LogP contribution in [0.4, 0.5) is 4.39 Å². The van der Waals surface area contributed by atoms with Crippen molar-refractivity contribution in [3.8, 4) is 0 Å². The highest BCUT2D eigenvalue weighted by molar-refractivity contribution is 5.95. The fraction of sp³-hybridized carbons (Fsp3) is 0.333. The van der Waals surface area contributed by atoms with Crippen LogP contribution in [-0.2, 0) is 11.2 Å². The number of aromatic amines is 1. The Hall–Kier alpha value is -3.59. The minimum absolute atomic E-state index is 0.0101. The number of nitrogens with two attached hydrogens (primary N) is 1. The van der Waals surface area contributed by atoms with Crippen LogP contribution in [0, 0.1) is 5.82 Å². The van der Waals surface area contributed by atoms with E-state index in [1.807, 2.05) is 12.1 Å². The van der Waals surface area contributed by atoms with Gasteiger partial charge in [-0.3, -0.25) is 14.4 Å². The zero-order valence-corrected chi connectivity index (χ0v) is 18.2. The first kappa shape index (κ1) is 22.6. The zero-order chi connectivity index (χ0) is 23.4. The highest BCUT2D eigenvalue weighted by Crippen LogP contribution is 2.20. The Kier molecular flexibility index (Phi) is 6.79. The predicted octanol–water partition coefficient (Wildman–Crippen LogP) is 1.68. The number of piperazine rings is 1. The van der Waals surface area contributed by atoms with Crippen molar-refractivity contribution >= 4 is 22.6 Å². The number of halogens is 1. The minimum Gasteiger partial charge on any atom is -0.339 e. The van der Waals surface area contributed by atoms with Gasteiger partial charge in [0.25, 0.3) is 11.5 Å². The van der Waals surface area contributed by atoms with Crippen molar-refractivity contribution in [1.82, 2.24) is 20.0 Å². The number of aromatic nitrogens is 2. The van der Waals surface area contributed by atoms with Gasteiger partial charge >= 0.3 is 0 Å². The lowest BCUT2D eigenvalue weighted by Gasteiger charge is -2.35. The van der Waals surface area contributed by atoms with Crippen LogP contribution in [0.3, 0.4) is 0 Å². The van der Waals surface area contributed by atoms with Gasteiger partial charge in [-0.05, 0) is 36.7 Å². The molecule has 1 aliphatic rings. The molecule has 2 aromatic carbocycles. The summed E-state index contributed by atoms with van der Waals surface area (Å²) in [5, 5.41) is 7.90. The number of nitrogens with one attached hydrogen (secondary N) is 1. The molecule has 1 aromatic heterocycles. The summed E-state index contributed by atoms with van der Waals surface area (Å²) >= 11 is 0. The zero-order valence-electron chi connectivity index (χ0n) is 18.2. The van der Waals surface area contributed by atoms with E-state index in [-0.39, 0.29) is 17.0 Å². The summed E-state index contributed by atoms with van der Waals surface area (Å²) in [6.07, 6.45) is 1.37. The van der Waals surface area contributed by atoms with E-state index in [0.717, 1.165) is 0 Å². The lowest BCUT2D eigenvalue weighted by molar-refractivity contribution is -0.132. The summed E-state index contributed by atoms with van der Waals surface area (Å²) in [4.78, 5) is 40.5. The van der Waals surface area contributed by atoms with E-state index in [9.17, 15) is 18.8 Å². The van der Waals surface area contributed by atoms with Gasteiger partial charge in [0.15, 0.2) is 0 Å². The molecule has 3 aromatic rings. The van der Waals surface area contributed by atoms with E-state index in [2.05, 4.69) is 10.2 Å². The maximum atomic E-state index is 14.6. The van der Waals surface area contributed by atoms with Crippen molar-refractivity contribution in [3.63, 3.8) is 0 Å². The quantitative estimate of drug-likeness (QED) is 0.592. The number of carbonyl (C=O) groups is 2. The van der Waals surface area contributed by atoms with Crippen LogP contribution in [0.5, 0.6) is 0 Å². The number of amides is 2. The van der Waals surface area contributed by atoms with Crippen LogP contribution in [0.15, 0.2) is 47.3 Å². The lowest BCUT2D eigenvalue weighted by Crippen LogP contribution is -2.50. The van der Waals surface area contributed by atoms with Gasteiger partial charge in [-0.1, -0.05) is 24.3 Å². The molecule has 3 N–H and O–H groups in total. The molecule has 8 nitrogen and oxygen atoms in total. The molecule has 33 heavy (non-hydrogen) atoms. The number of benzene rings is 2. The average molecular weight is 452 g/mol. The van der Waals surface area contributed by atoms with Crippen molar-refractivity contribution in [3.05, 3.63) is 75.5 Å². The Bertz CT molecular complexity index is 1230. The van der Waals surface area contributed by atoms with Crippen molar-refractivity contribution in [2.45, 2.75) is 19.3 Å². The standard InChI is InChI=1S/C24H26FN5O3/c25-20-8-7-16(15-21-17-4-1-2-5-18(17)23(32)28-27-21)14-19(20)24(33)30-12-10-29(11-13-30)22(31)6-3-9-26/h1-2,4-5,7-8,14H,3,6,9-13,15,26H2,(H,28,32). The summed E-state index contributed by atoms with van der Waals surface area (Å²) in [5.41, 5.74) is 6.53. The third-order valence-electron chi connectivity index (χ3n) is 5.92. The monoisotopic (exact) mass is 451 g/mol. The molecule has 172 valence electrons. The molecule has 0 unspecified atom stereocenters. The van der Waals surface area contributed by atoms with Crippen LogP contribution in [0.25, 0.3) is 10.8 Å². The maximum Gasteiger partial charge on any atom is 0.272 e. The number of H-pyrrole nitrogens is 1. The van der Waals surface area contributed by atoms with E-state index >= 15 is 0 Å². The van der Waals surface area contributed by atoms with E-state index in [1.54, 1.807) is 28.0 Å². The molecule has 9 heteroatoms. The molecule has 0 radical (unpaired) electrons. The van der Waals surface area contributed by atoms with Gasteiger partial charge in [0.05, 0.1) is 16.6 Å². The molecule has 0 atom stereocenters. The number of fused-ring (bicyclic) bond motifs is 1. The molecule has 2 heterocycles. The molecule has 1 aliphatic heterocycles. The Balaban J connectivity index is 1.49. The molecule has 0 aliphatic carbocycles.